The van der Waals surface area contributed by atoms with Gasteiger partial charge < -0.3 is 10.4 Å². The summed E-state index contributed by atoms with van der Waals surface area (Å²) in [6.07, 6.45) is 2.73. The van der Waals surface area contributed by atoms with Crippen molar-refractivity contribution >= 4 is 0 Å². The average Bonchev–Trinajstić information content (AvgIpc) is 3.03. The van der Waals surface area contributed by atoms with E-state index in [2.05, 4.69) is 29.6 Å². The summed E-state index contributed by atoms with van der Waals surface area (Å²) in [5.41, 5.74) is 2.78. The number of hydrogen-bond donors (Lipinski definition) is 2. The largest absolute Gasteiger partial charge is 0.395 e. The number of rotatable bonds is 5. The molecule has 0 radical (unpaired) electrons. The maximum atomic E-state index is 8.61. The van der Waals surface area contributed by atoms with Gasteiger partial charge in [0.25, 0.3) is 0 Å². The molecule has 0 atom stereocenters. The molecular weight excluding hydrogens is 174 g/mol. The Morgan fingerprint density at radius 3 is 2.50 bits per heavy atom. The predicted molar refractivity (Wildman–Crippen MR) is 57.2 cm³/mol. The van der Waals surface area contributed by atoms with E-state index < -0.39 is 0 Å². The summed E-state index contributed by atoms with van der Waals surface area (Å²) < 4.78 is 0. The lowest BCUT2D eigenvalue weighted by Crippen LogP contribution is -2.17. The van der Waals surface area contributed by atoms with Gasteiger partial charge in [-0.3, -0.25) is 0 Å². The first-order valence-electron chi connectivity index (χ1n) is 5.30. The summed E-state index contributed by atoms with van der Waals surface area (Å²) in [4.78, 5) is 0. The summed E-state index contributed by atoms with van der Waals surface area (Å²) in [6, 6.07) is 8.82. The fourth-order valence-electron chi connectivity index (χ4n) is 1.64. The molecular formula is C12H17NO. The summed E-state index contributed by atoms with van der Waals surface area (Å²) in [6.45, 7) is 1.73. The maximum Gasteiger partial charge on any atom is 0.0556 e. The molecule has 1 saturated carbocycles. The Hall–Kier alpha value is -0.860. The molecule has 76 valence electrons. The zero-order chi connectivity index (χ0) is 9.80. The fourth-order valence-corrected chi connectivity index (χ4v) is 1.64. The van der Waals surface area contributed by atoms with Crippen LogP contribution in [0.2, 0.25) is 0 Å². The SMILES string of the molecule is OCCNCc1ccc(C2CC2)cc1. The van der Waals surface area contributed by atoms with Gasteiger partial charge in [0.2, 0.25) is 0 Å². The molecule has 0 spiro atoms. The van der Waals surface area contributed by atoms with Crippen molar-refractivity contribution < 1.29 is 5.11 Å². The lowest BCUT2D eigenvalue weighted by atomic mass is 10.1. The fraction of sp³-hybridized carbons (Fsp3) is 0.500. The van der Waals surface area contributed by atoms with Crippen molar-refractivity contribution in [3.05, 3.63) is 35.4 Å². The van der Waals surface area contributed by atoms with Crippen LogP contribution >= 0.6 is 0 Å². The number of aliphatic hydroxyl groups excluding tert-OH is 1. The van der Waals surface area contributed by atoms with Crippen LogP contribution in [-0.2, 0) is 6.54 Å². The molecule has 14 heavy (non-hydrogen) atoms. The van der Waals surface area contributed by atoms with Crippen LogP contribution in [0.3, 0.4) is 0 Å². The van der Waals surface area contributed by atoms with Crippen LogP contribution in [-0.4, -0.2) is 18.3 Å². The predicted octanol–water partition coefficient (Wildman–Crippen LogP) is 1.65. The molecule has 2 rings (SSSR count). The third-order valence-corrected chi connectivity index (χ3v) is 2.65. The molecule has 0 aliphatic heterocycles. The number of hydrogen-bond acceptors (Lipinski definition) is 2. The van der Waals surface area contributed by atoms with Gasteiger partial charge >= 0.3 is 0 Å². The highest BCUT2D eigenvalue weighted by molar-refractivity contribution is 5.27. The van der Waals surface area contributed by atoms with Gasteiger partial charge in [-0.1, -0.05) is 24.3 Å². The molecule has 2 N–H and O–H groups in total. The average molecular weight is 191 g/mol. The van der Waals surface area contributed by atoms with Crippen LogP contribution in [0, 0.1) is 0 Å². The van der Waals surface area contributed by atoms with Crippen LogP contribution in [0.25, 0.3) is 0 Å². The Morgan fingerprint density at radius 2 is 1.93 bits per heavy atom. The Kier molecular flexibility index (Phi) is 3.17. The molecule has 2 heteroatoms. The zero-order valence-electron chi connectivity index (χ0n) is 8.37. The maximum absolute atomic E-state index is 8.61. The van der Waals surface area contributed by atoms with Crippen molar-refractivity contribution in [2.75, 3.05) is 13.2 Å². The number of aliphatic hydroxyl groups is 1. The highest BCUT2D eigenvalue weighted by atomic mass is 16.3. The first-order chi connectivity index (χ1) is 6.90. The van der Waals surface area contributed by atoms with Crippen molar-refractivity contribution in [1.29, 1.82) is 0 Å². The standard InChI is InChI=1S/C12H17NO/c14-8-7-13-9-10-1-3-11(4-2-10)12-5-6-12/h1-4,12-14H,5-9H2. The van der Waals surface area contributed by atoms with Gasteiger partial charge in [0.1, 0.15) is 0 Å². The van der Waals surface area contributed by atoms with E-state index in [0.717, 1.165) is 12.5 Å². The van der Waals surface area contributed by atoms with Gasteiger partial charge in [-0.15, -0.1) is 0 Å². The van der Waals surface area contributed by atoms with Gasteiger partial charge in [0, 0.05) is 13.1 Å². The molecule has 1 aromatic carbocycles. The van der Waals surface area contributed by atoms with E-state index in [9.17, 15) is 0 Å². The van der Waals surface area contributed by atoms with E-state index in [1.807, 2.05) is 0 Å². The minimum atomic E-state index is 0.208. The van der Waals surface area contributed by atoms with Crippen molar-refractivity contribution in [3.63, 3.8) is 0 Å². The summed E-state index contributed by atoms with van der Waals surface area (Å²) in [5, 5.41) is 11.8. The zero-order valence-corrected chi connectivity index (χ0v) is 8.37. The third kappa shape index (κ3) is 2.56. The topological polar surface area (TPSA) is 32.3 Å². The molecule has 0 aromatic heterocycles. The normalized spacial score (nSPS) is 15.8. The van der Waals surface area contributed by atoms with Crippen molar-refractivity contribution in [1.82, 2.24) is 5.32 Å². The molecule has 0 unspecified atom stereocenters. The minimum Gasteiger partial charge on any atom is -0.395 e. The smallest absolute Gasteiger partial charge is 0.0556 e. The van der Waals surface area contributed by atoms with Crippen molar-refractivity contribution in [2.24, 2.45) is 0 Å². The van der Waals surface area contributed by atoms with E-state index in [-0.39, 0.29) is 6.61 Å². The van der Waals surface area contributed by atoms with Crippen LogP contribution in [0.15, 0.2) is 24.3 Å². The van der Waals surface area contributed by atoms with Crippen LogP contribution < -0.4 is 5.32 Å². The molecule has 1 aliphatic rings. The first kappa shape index (κ1) is 9.69. The van der Waals surface area contributed by atoms with E-state index in [1.165, 1.54) is 24.0 Å². The Bertz CT molecular complexity index is 277. The lowest BCUT2D eigenvalue weighted by molar-refractivity contribution is 0.292. The summed E-state index contributed by atoms with van der Waals surface area (Å²) in [5.74, 6) is 0.842. The third-order valence-electron chi connectivity index (χ3n) is 2.65. The van der Waals surface area contributed by atoms with E-state index in [4.69, 9.17) is 5.11 Å². The van der Waals surface area contributed by atoms with Gasteiger partial charge in [-0.05, 0) is 29.9 Å². The second kappa shape index (κ2) is 4.58. The second-order valence-electron chi connectivity index (χ2n) is 3.92. The molecule has 0 heterocycles. The molecule has 1 aromatic rings. The van der Waals surface area contributed by atoms with Gasteiger partial charge in [0.05, 0.1) is 6.61 Å². The summed E-state index contributed by atoms with van der Waals surface area (Å²) in [7, 11) is 0. The number of nitrogens with one attached hydrogen (secondary N) is 1. The van der Waals surface area contributed by atoms with Gasteiger partial charge in [0.15, 0.2) is 0 Å². The molecule has 0 amide bonds. The number of benzene rings is 1. The van der Waals surface area contributed by atoms with Gasteiger partial charge in [-0.25, -0.2) is 0 Å². The van der Waals surface area contributed by atoms with Crippen molar-refractivity contribution in [2.45, 2.75) is 25.3 Å². The van der Waals surface area contributed by atoms with E-state index in [0.29, 0.717) is 6.54 Å². The first-order valence-corrected chi connectivity index (χ1v) is 5.30. The van der Waals surface area contributed by atoms with Crippen LogP contribution in [0.5, 0.6) is 0 Å². The Balaban J connectivity index is 1.86. The molecule has 1 fully saturated rings. The monoisotopic (exact) mass is 191 g/mol. The second-order valence-corrected chi connectivity index (χ2v) is 3.92. The lowest BCUT2D eigenvalue weighted by Gasteiger charge is -2.04. The van der Waals surface area contributed by atoms with E-state index >= 15 is 0 Å². The highest BCUT2D eigenvalue weighted by Crippen LogP contribution is 2.39. The quantitative estimate of drug-likeness (QED) is 0.694. The van der Waals surface area contributed by atoms with Gasteiger partial charge in [-0.2, -0.15) is 0 Å². The van der Waals surface area contributed by atoms with E-state index in [1.54, 1.807) is 0 Å². The molecule has 1 aliphatic carbocycles. The summed E-state index contributed by atoms with van der Waals surface area (Å²) >= 11 is 0. The van der Waals surface area contributed by atoms with Crippen molar-refractivity contribution in [3.8, 4) is 0 Å². The molecule has 2 nitrogen and oxygen atoms in total. The Morgan fingerprint density at radius 1 is 1.21 bits per heavy atom. The highest BCUT2D eigenvalue weighted by Gasteiger charge is 2.22. The van der Waals surface area contributed by atoms with Crippen LogP contribution in [0.4, 0.5) is 0 Å². The minimum absolute atomic E-state index is 0.208. The Labute approximate surface area is 85.0 Å². The van der Waals surface area contributed by atoms with Crippen LogP contribution in [0.1, 0.15) is 29.9 Å². The molecule has 0 bridgehead atoms. The molecule has 0 saturated heterocycles.